The summed E-state index contributed by atoms with van der Waals surface area (Å²) in [7, 11) is 0. The van der Waals surface area contributed by atoms with Crippen molar-refractivity contribution in [2.75, 3.05) is 5.32 Å². The van der Waals surface area contributed by atoms with E-state index in [1.165, 1.54) is 18.3 Å². The number of esters is 1. The molecule has 0 bridgehead atoms. The molecule has 1 aromatic heterocycles. The first-order valence-electron chi connectivity index (χ1n) is 8.83. The molecule has 0 aliphatic heterocycles. The van der Waals surface area contributed by atoms with E-state index < -0.39 is 18.0 Å². The van der Waals surface area contributed by atoms with E-state index in [9.17, 15) is 9.59 Å². The molecule has 146 valence electrons. The Morgan fingerprint density at radius 2 is 1.83 bits per heavy atom. The number of para-hydroxylation sites is 1. The van der Waals surface area contributed by atoms with Crippen LogP contribution in [0.3, 0.4) is 0 Å². The molecule has 1 atom stereocenters. The zero-order valence-corrected chi connectivity index (χ0v) is 16.4. The number of benzene rings is 2. The monoisotopic (exact) mass is 406 g/mol. The minimum Gasteiger partial charge on any atom is -0.489 e. The molecule has 1 N–H and O–H groups in total. The number of carbonyl (C=O) groups is 2. The molecule has 0 aliphatic rings. The molecule has 0 saturated carbocycles. The first-order chi connectivity index (χ1) is 14.1. The smallest absolute Gasteiger partial charge is 0.339 e. The summed E-state index contributed by atoms with van der Waals surface area (Å²) in [5.74, 6) is -0.436. The van der Waals surface area contributed by atoms with Crippen LogP contribution in [0.4, 0.5) is 5.00 Å². The fourth-order valence-electron chi connectivity index (χ4n) is 2.51. The molecule has 1 heterocycles. The number of amides is 1. The summed E-state index contributed by atoms with van der Waals surface area (Å²) in [6, 6.07) is 19.8. The van der Waals surface area contributed by atoms with Crippen LogP contribution in [0.15, 0.2) is 66.0 Å². The Morgan fingerprint density at radius 3 is 2.59 bits per heavy atom. The van der Waals surface area contributed by atoms with Crippen molar-refractivity contribution < 1.29 is 19.1 Å². The fourth-order valence-corrected chi connectivity index (χ4v) is 3.25. The molecule has 0 aliphatic carbocycles. The lowest BCUT2D eigenvalue weighted by atomic mass is 10.1. The summed E-state index contributed by atoms with van der Waals surface area (Å²) in [5, 5.41) is 13.8. The molecule has 2 aromatic carbocycles. The number of hydrogen-bond acceptors (Lipinski definition) is 6. The Hall–Kier alpha value is -3.63. The molecule has 6 nitrogen and oxygen atoms in total. The topological polar surface area (TPSA) is 88.4 Å². The number of nitrogens with zero attached hydrogens (tertiary/aromatic N) is 1. The Balaban J connectivity index is 1.64. The summed E-state index contributed by atoms with van der Waals surface area (Å²) in [4.78, 5) is 24.9. The minimum atomic E-state index is -1.03. The van der Waals surface area contributed by atoms with Crippen molar-refractivity contribution in [3.8, 4) is 11.8 Å². The summed E-state index contributed by atoms with van der Waals surface area (Å²) in [5.41, 5.74) is 1.35. The van der Waals surface area contributed by atoms with E-state index in [0.717, 1.165) is 0 Å². The number of rotatable bonds is 7. The zero-order valence-electron chi connectivity index (χ0n) is 15.6. The van der Waals surface area contributed by atoms with E-state index in [2.05, 4.69) is 5.32 Å². The number of nitriles is 1. The highest BCUT2D eigenvalue weighted by molar-refractivity contribution is 7.14. The van der Waals surface area contributed by atoms with Crippen LogP contribution in [0, 0.1) is 11.3 Å². The second-order valence-corrected chi connectivity index (χ2v) is 6.99. The third-order valence-corrected chi connectivity index (χ3v) is 4.88. The molecule has 0 radical (unpaired) electrons. The van der Waals surface area contributed by atoms with Gasteiger partial charge >= 0.3 is 5.97 Å². The summed E-state index contributed by atoms with van der Waals surface area (Å²) in [6.07, 6.45) is -1.03. The molecule has 0 fully saturated rings. The normalized spacial score (nSPS) is 11.2. The first-order valence-corrected chi connectivity index (χ1v) is 9.71. The third kappa shape index (κ3) is 5.21. The van der Waals surface area contributed by atoms with Crippen LogP contribution in [-0.2, 0) is 16.1 Å². The maximum absolute atomic E-state index is 12.6. The molecule has 3 rings (SSSR count). The van der Waals surface area contributed by atoms with Crippen LogP contribution >= 0.6 is 11.3 Å². The lowest BCUT2D eigenvalue weighted by Gasteiger charge is -2.15. The lowest BCUT2D eigenvalue weighted by Crippen LogP contribution is -2.30. The van der Waals surface area contributed by atoms with Gasteiger partial charge in [-0.3, -0.25) is 4.79 Å². The average molecular weight is 406 g/mol. The van der Waals surface area contributed by atoms with Crippen molar-refractivity contribution >= 4 is 28.2 Å². The highest BCUT2D eigenvalue weighted by atomic mass is 32.1. The van der Waals surface area contributed by atoms with Gasteiger partial charge in [0.2, 0.25) is 0 Å². The maximum atomic E-state index is 12.6. The number of ether oxygens (including phenoxy) is 2. The Kier molecular flexibility index (Phi) is 6.61. The van der Waals surface area contributed by atoms with Gasteiger partial charge in [0, 0.05) is 5.56 Å². The Bertz CT molecular complexity index is 1040. The Morgan fingerprint density at radius 1 is 1.10 bits per heavy atom. The van der Waals surface area contributed by atoms with E-state index in [0.29, 0.717) is 27.4 Å². The van der Waals surface area contributed by atoms with Gasteiger partial charge in [0.15, 0.2) is 6.10 Å². The van der Waals surface area contributed by atoms with E-state index in [-0.39, 0.29) is 6.61 Å². The zero-order chi connectivity index (χ0) is 20.6. The summed E-state index contributed by atoms with van der Waals surface area (Å²) < 4.78 is 11.0. The van der Waals surface area contributed by atoms with Gasteiger partial charge in [-0.1, -0.05) is 36.4 Å². The van der Waals surface area contributed by atoms with Crippen LogP contribution < -0.4 is 10.1 Å². The SMILES string of the molecule is C[C@H](OC(=O)c1ccccc1COc1ccccc1)C(=O)Nc1sccc1C#N. The molecule has 29 heavy (non-hydrogen) atoms. The van der Waals surface area contributed by atoms with E-state index in [1.807, 2.05) is 36.4 Å². The van der Waals surface area contributed by atoms with Gasteiger partial charge in [0.25, 0.3) is 5.91 Å². The van der Waals surface area contributed by atoms with Gasteiger partial charge in [-0.15, -0.1) is 11.3 Å². The van der Waals surface area contributed by atoms with Gasteiger partial charge in [0.05, 0.1) is 11.1 Å². The first kappa shape index (κ1) is 20.1. The van der Waals surface area contributed by atoms with Crippen molar-refractivity contribution in [2.45, 2.75) is 19.6 Å². The molecule has 0 spiro atoms. The summed E-state index contributed by atoms with van der Waals surface area (Å²) in [6.45, 7) is 1.67. The number of nitrogens with one attached hydrogen (secondary N) is 1. The standard InChI is InChI=1S/C22H18N2O4S/c1-15(20(25)24-21-16(13-23)11-12-29-21)28-22(26)19-10-6-5-7-17(19)14-27-18-8-3-2-4-9-18/h2-12,15H,14H2,1H3,(H,24,25)/t15-/m0/s1. The molecule has 1 amide bonds. The van der Waals surface area contributed by atoms with Crippen molar-refractivity contribution in [3.63, 3.8) is 0 Å². The van der Waals surface area contributed by atoms with Gasteiger partial charge in [-0.2, -0.15) is 5.26 Å². The highest BCUT2D eigenvalue weighted by Gasteiger charge is 2.22. The number of carbonyl (C=O) groups excluding carboxylic acids is 2. The van der Waals surface area contributed by atoms with Crippen LogP contribution in [-0.4, -0.2) is 18.0 Å². The number of anilines is 1. The predicted molar refractivity (Wildman–Crippen MR) is 110 cm³/mol. The quantitative estimate of drug-likeness (QED) is 0.588. The molecule has 0 unspecified atom stereocenters. The van der Waals surface area contributed by atoms with Gasteiger partial charge in [0.1, 0.15) is 23.4 Å². The van der Waals surface area contributed by atoms with E-state index in [1.54, 1.807) is 35.7 Å². The number of thiophene rings is 1. The summed E-state index contributed by atoms with van der Waals surface area (Å²) >= 11 is 1.23. The van der Waals surface area contributed by atoms with Crippen LogP contribution in [0.2, 0.25) is 0 Å². The van der Waals surface area contributed by atoms with Gasteiger partial charge in [-0.05, 0) is 36.6 Å². The van der Waals surface area contributed by atoms with Gasteiger partial charge < -0.3 is 14.8 Å². The Labute approximate surface area is 172 Å². The fraction of sp³-hybridized carbons (Fsp3) is 0.136. The van der Waals surface area contributed by atoms with Crippen molar-refractivity contribution in [3.05, 3.63) is 82.7 Å². The largest absolute Gasteiger partial charge is 0.489 e. The molecular weight excluding hydrogens is 388 g/mol. The second kappa shape index (κ2) is 9.53. The average Bonchev–Trinajstić information content (AvgIpc) is 3.20. The lowest BCUT2D eigenvalue weighted by molar-refractivity contribution is -0.123. The van der Waals surface area contributed by atoms with E-state index in [4.69, 9.17) is 14.7 Å². The van der Waals surface area contributed by atoms with Crippen LogP contribution in [0.1, 0.15) is 28.4 Å². The van der Waals surface area contributed by atoms with Crippen LogP contribution in [0.5, 0.6) is 5.75 Å². The van der Waals surface area contributed by atoms with Crippen molar-refractivity contribution in [2.24, 2.45) is 0 Å². The van der Waals surface area contributed by atoms with Gasteiger partial charge in [-0.25, -0.2) is 4.79 Å². The van der Waals surface area contributed by atoms with Crippen LogP contribution in [0.25, 0.3) is 0 Å². The maximum Gasteiger partial charge on any atom is 0.339 e. The van der Waals surface area contributed by atoms with Crippen molar-refractivity contribution in [1.29, 1.82) is 5.26 Å². The molecular formula is C22H18N2O4S. The third-order valence-electron chi connectivity index (χ3n) is 4.05. The number of hydrogen-bond donors (Lipinski definition) is 1. The van der Waals surface area contributed by atoms with E-state index >= 15 is 0 Å². The molecule has 7 heteroatoms. The minimum absolute atomic E-state index is 0.191. The molecule has 3 aromatic rings. The highest BCUT2D eigenvalue weighted by Crippen LogP contribution is 2.22. The predicted octanol–water partition coefficient (Wildman–Crippen LogP) is 4.38. The van der Waals surface area contributed by atoms with Crippen molar-refractivity contribution in [1.82, 2.24) is 0 Å². The second-order valence-electron chi connectivity index (χ2n) is 6.07. The molecule has 0 saturated heterocycles.